The van der Waals surface area contributed by atoms with E-state index in [1.54, 1.807) is 4.90 Å². The van der Waals surface area contributed by atoms with Gasteiger partial charge in [-0.3, -0.25) is 9.59 Å². The van der Waals surface area contributed by atoms with Crippen LogP contribution >= 0.6 is 0 Å². The molecule has 198 valence electrons. The summed E-state index contributed by atoms with van der Waals surface area (Å²) in [4.78, 5) is 35.4. The summed E-state index contributed by atoms with van der Waals surface area (Å²) in [5.74, 6) is -0.307. The van der Waals surface area contributed by atoms with Crippen LogP contribution in [0.1, 0.15) is 16.7 Å². The average Bonchev–Trinajstić information content (AvgIpc) is 3.34. The van der Waals surface area contributed by atoms with E-state index >= 15 is 0 Å². The lowest BCUT2D eigenvalue weighted by atomic mass is 10.1. The van der Waals surface area contributed by atoms with Gasteiger partial charge in [0, 0.05) is 63.6 Å². The Morgan fingerprint density at radius 3 is 2.16 bits per heavy atom. The van der Waals surface area contributed by atoms with Crippen LogP contribution in [-0.4, -0.2) is 67.5 Å². The zero-order valence-electron chi connectivity index (χ0n) is 22.4. The predicted molar refractivity (Wildman–Crippen MR) is 152 cm³/mol. The molecule has 0 spiro atoms. The third-order valence-electron chi connectivity index (χ3n) is 6.67. The number of methoxy groups -OCH3 is 1. The van der Waals surface area contributed by atoms with Crippen LogP contribution in [0.3, 0.4) is 0 Å². The zero-order chi connectivity index (χ0) is 26.9. The minimum absolute atomic E-state index is 0.0131. The number of nitrogens with zero attached hydrogens (tertiary/aromatic N) is 3. The Morgan fingerprint density at radius 2 is 1.45 bits per heavy atom. The van der Waals surface area contributed by atoms with Crippen molar-refractivity contribution >= 4 is 28.4 Å². The first-order chi connectivity index (χ1) is 18.4. The second kappa shape index (κ2) is 12.9. The summed E-state index contributed by atoms with van der Waals surface area (Å²) in [6.45, 7) is 1.27. The number of hydrogen-bond acceptors (Lipinski definition) is 4. The van der Waals surface area contributed by atoms with Crippen LogP contribution in [0, 0.1) is 0 Å². The Balaban J connectivity index is 1.54. The smallest absolute Gasteiger partial charge is 0.249 e. The van der Waals surface area contributed by atoms with Gasteiger partial charge in [-0.2, -0.15) is 0 Å². The lowest BCUT2D eigenvalue weighted by Crippen LogP contribution is -2.44. The molecular weight excluding hydrogens is 476 g/mol. The maximum atomic E-state index is 13.7. The van der Waals surface area contributed by atoms with Crippen molar-refractivity contribution in [3.05, 3.63) is 102 Å². The Hall–Kier alpha value is -4.10. The molecule has 0 saturated carbocycles. The molecule has 4 rings (SSSR count). The van der Waals surface area contributed by atoms with Gasteiger partial charge in [0.05, 0.1) is 0 Å². The second-order valence-electron chi connectivity index (χ2n) is 9.65. The van der Waals surface area contributed by atoms with Crippen molar-refractivity contribution in [3.63, 3.8) is 0 Å². The van der Waals surface area contributed by atoms with Crippen molar-refractivity contribution in [2.75, 3.05) is 45.8 Å². The highest BCUT2D eigenvalue weighted by Gasteiger charge is 2.22. The fourth-order valence-electron chi connectivity index (χ4n) is 4.52. The maximum Gasteiger partial charge on any atom is 0.249 e. The van der Waals surface area contributed by atoms with E-state index in [2.05, 4.69) is 41.4 Å². The van der Waals surface area contributed by atoms with E-state index in [0.29, 0.717) is 26.1 Å². The van der Waals surface area contributed by atoms with Gasteiger partial charge in [-0.05, 0) is 41.3 Å². The highest BCUT2D eigenvalue weighted by molar-refractivity contribution is 5.86. The third kappa shape index (κ3) is 7.01. The molecule has 1 N–H and O–H groups in total. The van der Waals surface area contributed by atoms with E-state index in [1.165, 1.54) is 7.11 Å². The molecule has 1 aromatic heterocycles. The number of hydrogen-bond donors (Lipinski definition) is 1. The number of ether oxygens (including phenoxy) is 1. The fourth-order valence-corrected chi connectivity index (χ4v) is 4.52. The number of benzene rings is 3. The van der Waals surface area contributed by atoms with Crippen LogP contribution in [0.25, 0.3) is 10.9 Å². The molecule has 0 unspecified atom stereocenters. The highest BCUT2D eigenvalue weighted by atomic mass is 16.5. The number of H-pyrrole nitrogens is 1. The lowest BCUT2D eigenvalue weighted by Gasteiger charge is -2.28. The molecule has 0 atom stereocenters. The molecule has 7 nitrogen and oxygen atoms in total. The number of carbonyl (C=O) groups is 2. The molecule has 0 aliphatic rings. The largest absolute Gasteiger partial charge is 0.378 e. The third-order valence-corrected chi connectivity index (χ3v) is 6.67. The summed E-state index contributed by atoms with van der Waals surface area (Å²) in [6, 6.07) is 26.1. The van der Waals surface area contributed by atoms with Crippen LogP contribution < -0.4 is 4.90 Å². The molecule has 0 radical (unpaired) electrons. The van der Waals surface area contributed by atoms with Crippen LogP contribution in [0.15, 0.2) is 85.1 Å². The van der Waals surface area contributed by atoms with Crippen molar-refractivity contribution in [1.29, 1.82) is 0 Å². The van der Waals surface area contributed by atoms with Gasteiger partial charge < -0.3 is 24.4 Å². The van der Waals surface area contributed by atoms with E-state index in [0.717, 1.165) is 33.3 Å². The molecule has 2 amide bonds. The maximum absolute atomic E-state index is 13.7. The van der Waals surface area contributed by atoms with Gasteiger partial charge in [0.1, 0.15) is 13.2 Å². The van der Waals surface area contributed by atoms with Gasteiger partial charge in [0.25, 0.3) is 0 Å². The molecule has 1 heterocycles. The van der Waals surface area contributed by atoms with Gasteiger partial charge in [-0.15, -0.1) is 0 Å². The number of aromatic amines is 1. The van der Waals surface area contributed by atoms with Crippen molar-refractivity contribution in [2.45, 2.75) is 19.5 Å². The Morgan fingerprint density at radius 1 is 0.789 bits per heavy atom. The summed E-state index contributed by atoms with van der Waals surface area (Å²) in [5.41, 5.74) is 5.36. The van der Waals surface area contributed by atoms with Crippen molar-refractivity contribution in [1.82, 2.24) is 14.8 Å². The number of fused-ring (bicyclic) bond motifs is 1. The number of anilines is 1. The predicted octanol–water partition coefficient (Wildman–Crippen LogP) is 4.48. The van der Waals surface area contributed by atoms with Crippen molar-refractivity contribution in [2.24, 2.45) is 0 Å². The van der Waals surface area contributed by atoms with E-state index in [4.69, 9.17) is 4.74 Å². The summed E-state index contributed by atoms with van der Waals surface area (Å²) in [5, 5.41) is 1.16. The Bertz CT molecular complexity index is 1330. The first-order valence-electron chi connectivity index (χ1n) is 12.8. The van der Waals surface area contributed by atoms with Gasteiger partial charge in [-0.1, -0.05) is 60.7 Å². The van der Waals surface area contributed by atoms with E-state index in [1.807, 2.05) is 72.6 Å². The fraction of sp³-hybridized carbons (Fsp3) is 0.290. The Labute approximate surface area is 224 Å². The van der Waals surface area contributed by atoms with Gasteiger partial charge in [0.2, 0.25) is 11.8 Å². The van der Waals surface area contributed by atoms with Crippen molar-refractivity contribution in [3.8, 4) is 0 Å². The molecule has 3 aromatic carbocycles. The first-order valence-corrected chi connectivity index (χ1v) is 12.8. The molecule has 0 saturated heterocycles. The average molecular weight is 513 g/mol. The van der Waals surface area contributed by atoms with Gasteiger partial charge >= 0.3 is 0 Å². The zero-order valence-corrected chi connectivity index (χ0v) is 22.4. The highest BCUT2D eigenvalue weighted by Crippen LogP contribution is 2.20. The van der Waals surface area contributed by atoms with E-state index < -0.39 is 0 Å². The number of rotatable bonds is 12. The summed E-state index contributed by atoms with van der Waals surface area (Å²) in [7, 11) is 5.50. The molecule has 4 aromatic rings. The topological polar surface area (TPSA) is 68.9 Å². The molecular formula is C31H36N4O3. The Kier molecular flexibility index (Phi) is 9.16. The molecule has 0 aliphatic heterocycles. The minimum Gasteiger partial charge on any atom is -0.378 e. The van der Waals surface area contributed by atoms with Gasteiger partial charge in [0.15, 0.2) is 0 Å². The molecule has 38 heavy (non-hydrogen) atoms. The monoisotopic (exact) mass is 512 g/mol. The lowest BCUT2D eigenvalue weighted by molar-refractivity contribution is -0.143. The number of para-hydroxylation sites is 1. The van der Waals surface area contributed by atoms with Crippen molar-refractivity contribution < 1.29 is 14.3 Å². The van der Waals surface area contributed by atoms with Crippen LogP contribution in [0.4, 0.5) is 5.69 Å². The number of aromatic nitrogens is 1. The standard InChI is InChI=1S/C31H36N4O3/c1-33(2)27-15-13-25(14-16-27)20-34(18-17-26-19-32-29-12-8-7-11-28(26)29)30(36)22-35(31(37)23-38-3)21-24-9-5-4-6-10-24/h4-16,19,32H,17-18,20-23H2,1-3H3. The van der Waals surface area contributed by atoms with E-state index in [-0.39, 0.29) is 25.0 Å². The number of carbonyl (C=O) groups excluding carboxylic acids is 2. The number of nitrogens with one attached hydrogen (secondary N) is 1. The number of amides is 2. The van der Waals surface area contributed by atoms with Gasteiger partial charge in [-0.25, -0.2) is 0 Å². The molecule has 0 bridgehead atoms. The quantitative estimate of drug-likeness (QED) is 0.304. The minimum atomic E-state index is -0.211. The molecule has 0 fully saturated rings. The molecule has 0 aliphatic carbocycles. The second-order valence-corrected chi connectivity index (χ2v) is 9.65. The first kappa shape index (κ1) is 26.9. The molecule has 7 heteroatoms. The summed E-state index contributed by atoms with van der Waals surface area (Å²) >= 11 is 0. The van der Waals surface area contributed by atoms with Crippen LogP contribution in [0.5, 0.6) is 0 Å². The van der Waals surface area contributed by atoms with Crippen LogP contribution in [-0.2, 0) is 33.8 Å². The normalized spacial score (nSPS) is 10.9. The summed E-state index contributed by atoms with van der Waals surface area (Å²) < 4.78 is 5.10. The van der Waals surface area contributed by atoms with E-state index in [9.17, 15) is 9.59 Å². The summed E-state index contributed by atoms with van der Waals surface area (Å²) in [6.07, 6.45) is 2.72. The SMILES string of the molecule is COCC(=O)N(CC(=O)N(CCc1c[nH]c2ccccc12)Cc1ccc(N(C)C)cc1)Cc1ccccc1. The van der Waals surface area contributed by atoms with Crippen LogP contribution in [0.2, 0.25) is 0 Å².